The van der Waals surface area contributed by atoms with Gasteiger partial charge in [-0.05, 0) is 19.1 Å². The summed E-state index contributed by atoms with van der Waals surface area (Å²) in [5, 5.41) is 20.3. The normalized spacial score (nSPS) is 10.4. The topological polar surface area (TPSA) is 78.8 Å². The summed E-state index contributed by atoms with van der Waals surface area (Å²) in [5.41, 5.74) is 0.390. The Morgan fingerprint density at radius 2 is 2.00 bits per heavy atom. The molecule has 0 aromatic heterocycles. The summed E-state index contributed by atoms with van der Waals surface area (Å²) < 4.78 is 5.32. The second kappa shape index (κ2) is 6.88. The van der Waals surface area contributed by atoms with E-state index in [9.17, 15) is 4.79 Å². The summed E-state index contributed by atoms with van der Waals surface area (Å²) in [5.74, 6) is 0.115. The maximum atomic E-state index is 11.9. The number of para-hydroxylation sites is 1. The van der Waals surface area contributed by atoms with Gasteiger partial charge in [-0.2, -0.15) is 0 Å². The van der Waals surface area contributed by atoms with Gasteiger partial charge in [0.1, 0.15) is 5.75 Å². The Balaban J connectivity index is 2.80. The van der Waals surface area contributed by atoms with Crippen molar-refractivity contribution in [2.24, 2.45) is 0 Å². The second-order valence-corrected chi connectivity index (χ2v) is 3.46. The number of aliphatic hydroxyl groups is 2. The van der Waals surface area contributed by atoms with Crippen molar-refractivity contribution in [2.75, 3.05) is 19.8 Å². The molecule has 0 aliphatic carbocycles. The molecule has 0 fully saturated rings. The molecule has 0 saturated heterocycles. The van der Waals surface area contributed by atoms with Crippen LogP contribution in [-0.4, -0.2) is 42.0 Å². The summed E-state index contributed by atoms with van der Waals surface area (Å²) >= 11 is 0. The number of nitrogens with one attached hydrogen (secondary N) is 1. The highest BCUT2D eigenvalue weighted by atomic mass is 16.5. The highest BCUT2D eigenvalue weighted by Gasteiger charge is 2.15. The van der Waals surface area contributed by atoms with Gasteiger partial charge in [0, 0.05) is 0 Å². The zero-order chi connectivity index (χ0) is 12.7. The molecule has 0 aliphatic rings. The molecule has 5 heteroatoms. The zero-order valence-electron chi connectivity index (χ0n) is 9.72. The van der Waals surface area contributed by atoms with Crippen molar-refractivity contribution in [3.05, 3.63) is 29.8 Å². The molecular weight excluding hydrogens is 222 g/mol. The Bertz CT molecular complexity index is 363. The second-order valence-electron chi connectivity index (χ2n) is 3.46. The summed E-state index contributed by atoms with van der Waals surface area (Å²) in [4.78, 5) is 11.9. The monoisotopic (exact) mass is 239 g/mol. The molecule has 0 unspecified atom stereocenters. The SMILES string of the molecule is CCOc1ccccc1C(=O)NC(CO)CO. The van der Waals surface area contributed by atoms with E-state index in [-0.39, 0.29) is 19.1 Å². The third kappa shape index (κ3) is 3.72. The summed E-state index contributed by atoms with van der Waals surface area (Å²) in [6, 6.07) is 6.18. The molecule has 3 N–H and O–H groups in total. The molecule has 1 aromatic carbocycles. The predicted molar refractivity (Wildman–Crippen MR) is 63.0 cm³/mol. The van der Waals surface area contributed by atoms with Crippen LogP contribution in [0.5, 0.6) is 5.75 Å². The van der Waals surface area contributed by atoms with Crippen molar-refractivity contribution in [3.8, 4) is 5.75 Å². The Labute approximate surface area is 100 Å². The molecule has 94 valence electrons. The van der Waals surface area contributed by atoms with E-state index in [1.807, 2.05) is 6.92 Å². The molecule has 5 nitrogen and oxygen atoms in total. The lowest BCUT2D eigenvalue weighted by Gasteiger charge is -2.15. The molecule has 0 spiro atoms. The summed E-state index contributed by atoms with van der Waals surface area (Å²) in [6.07, 6.45) is 0. The third-order valence-electron chi connectivity index (χ3n) is 2.21. The molecule has 0 radical (unpaired) electrons. The van der Waals surface area contributed by atoms with Gasteiger partial charge in [-0.15, -0.1) is 0 Å². The number of carbonyl (C=O) groups excluding carboxylic acids is 1. The predicted octanol–water partition coefficient (Wildman–Crippen LogP) is 0.168. The van der Waals surface area contributed by atoms with E-state index >= 15 is 0 Å². The van der Waals surface area contributed by atoms with E-state index in [0.717, 1.165) is 0 Å². The van der Waals surface area contributed by atoms with Crippen LogP contribution < -0.4 is 10.1 Å². The molecule has 0 heterocycles. The van der Waals surface area contributed by atoms with Crippen molar-refractivity contribution < 1.29 is 19.7 Å². The van der Waals surface area contributed by atoms with E-state index in [0.29, 0.717) is 17.9 Å². The average molecular weight is 239 g/mol. The average Bonchev–Trinajstić information content (AvgIpc) is 2.36. The standard InChI is InChI=1S/C12H17NO4/c1-2-17-11-6-4-3-5-10(11)12(16)13-9(7-14)8-15/h3-6,9,14-15H,2,7-8H2,1H3,(H,13,16). The molecule has 0 saturated carbocycles. The van der Waals surface area contributed by atoms with E-state index in [1.165, 1.54) is 0 Å². The molecular formula is C12H17NO4. The number of hydrogen-bond donors (Lipinski definition) is 3. The van der Waals surface area contributed by atoms with Gasteiger partial charge in [-0.25, -0.2) is 0 Å². The van der Waals surface area contributed by atoms with Crippen molar-refractivity contribution in [1.29, 1.82) is 0 Å². The number of rotatable bonds is 6. The first-order chi connectivity index (χ1) is 8.22. The van der Waals surface area contributed by atoms with Crippen LogP contribution in [0.1, 0.15) is 17.3 Å². The first kappa shape index (κ1) is 13.5. The zero-order valence-corrected chi connectivity index (χ0v) is 9.72. The quantitative estimate of drug-likeness (QED) is 0.661. The Kier molecular flexibility index (Phi) is 5.45. The van der Waals surface area contributed by atoms with Crippen LogP contribution in [-0.2, 0) is 0 Å². The van der Waals surface area contributed by atoms with Crippen LogP contribution in [0.3, 0.4) is 0 Å². The molecule has 0 aliphatic heterocycles. The molecule has 0 atom stereocenters. The third-order valence-corrected chi connectivity index (χ3v) is 2.21. The van der Waals surface area contributed by atoms with Gasteiger partial charge in [0.2, 0.25) is 0 Å². The Morgan fingerprint density at radius 3 is 2.59 bits per heavy atom. The fraction of sp³-hybridized carbons (Fsp3) is 0.417. The van der Waals surface area contributed by atoms with E-state index in [1.54, 1.807) is 24.3 Å². The maximum absolute atomic E-state index is 11.9. The lowest BCUT2D eigenvalue weighted by atomic mass is 10.1. The highest BCUT2D eigenvalue weighted by Crippen LogP contribution is 2.17. The first-order valence-electron chi connectivity index (χ1n) is 5.47. The number of hydrogen-bond acceptors (Lipinski definition) is 4. The Morgan fingerprint density at radius 1 is 1.35 bits per heavy atom. The highest BCUT2D eigenvalue weighted by molar-refractivity contribution is 5.97. The van der Waals surface area contributed by atoms with Gasteiger partial charge in [-0.1, -0.05) is 12.1 Å². The number of ether oxygens (including phenoxy) is 1. The molecule has 0 bridgehead atoms. The van der Waals surface area contributed by atoms with Crippen LogP contribution in [0.25, 0.3) is 0 Å². The number of carbonyl (C=O) groups is 1. The Hall–Kier alpha value is -1.59. The number of amides is 1. The summed E-state index contributed by atoms with van der Waals surface area (Å²) in [6.45, 7) is 1.69. The van der Waals surface area contributed by atoms with Gasteiger partial charge in [0.05, 0.1) is 31.4 Å². The number of benzene rings is 1. The van der Waals surface area contributed by atoms with Crippen molar-refractivity contribution >= 4 is 5.91 Å². The van der Waals surface area contributed by atoms with Gasteiger partial charge < -0.3 is 20.3 Å². The van der Waals surface area contributed by atoms with Gasteiger partial charge in [0.15, 0.2) is 0 Å². The van der Waals surface area contributed by atoms with Crippen LogP contribution in [0.2, 0.25) is 0 Å². The van der Waals surface area contributed by atoms with Crippen LogP contribution in [0, 0.1) is 0 Å². The molecule has 1 aromatic rings. The van der Waals surface area contributed by atoms with Crippen LogP contribution in [0.15, 0.2) is 24.3 Å². The fourth-order valence-corrected chi connectivity index (χ4v) is 1.35. The minimum atomic E-state index is -0.655. The van der Waals surface area contributed by atoms with E-state index in [2.05, 4.69) is 5.32 Å². The van der Waals surface area contributed by atoms with Gasteiger partial charge in [-0.3, -0.25) is 4.79 Å². The molecule has 1 amide bonds. The van der Waals surface area contributed by atoms with Gasteiger partial charge in [0.25, 0.3) is 5.91 Å². The minimum absolute atomic E-state index is 0.307. The van der Waals surface area contributed by atoms with Crippen molar-refractivity contribution in [2.45, 2.75) is 13.0 Å². The smallest absolute Gasteiger partial charge is 0.255 e. The van der Waals surface area contributed by atoms with Crippen LogP contribution in [0.4, 0.5) is 0 Å². The number of aliphatic hydroxyl groups excluding tert-OH is 2. The largest absolute Gasteiger partial charge is 0.493 e. The van der Waals surface area contributed by atoms with Gasteiger partial charge >= 0.3 is 0 Å². The maximum Gasteiger partial charge on any atom is 0.255 e. The molecule has 1 rings (SSSR count). The molecule has 17 heavy (non-hydrogen) atoms. The van der Waals surface area contributed by atoms with E-state index in [4.69, 9.17) is 14.9 Å². The minimum Gasteiger partial charge on any atom is -0.493 e. The van der Waals surface area contributed by atoms with Crippen LogP contribution >= 0.6 is 0 Å². The first-order valence-corrected chi connectivity index (χ1v) is 5.47. The summed E-state index contributed by atoms with van der Waals surface area (Å²) in [7, 11) is 0. The lowest BCUT2D eigenvalue weighted by Crippen LogP contribution is -2.40. The van der Waals surface area contributed by atoms with Crippen molar-refractivity contribution in [1.82, 2.24) is 5.32 Å². The lowest BCUT2D eigenvalue weighted by molar-refractivity contribution is 0.0875. The fourth-order valence-electron chi connectivity index (χ4n) is 1.35. The van der Waals surface area contributed by atoms with E-state index < -0.39 is 6.04 Å². The van der Waals surface area contributed by atoms with Crippen molar-refractivity contribution in [3.63, 3.8) is 0 Å².